The van der Waals surface area contributed by atoms with E-state index in [1.54, 1.807) is 54.4 Å². The number of alkyl halides is 3. The fourth-order valence-electron chi connectivity index (χ4n) is 6.04. The quantitative estimate of drug-likeness (QED) is 0.133. The first-order chi connectivity index (χ1) is 25.0. The SMILES string of the molecule is CCOc1cc(C(Nc2ccc3c(N)nccc3c2)C(=O)N2CCCC2c2cc(NC(=O)COC(=O)C(F)(F)F)ccc2S(=O)(=O)C(C)C)ccc1Cl. The average molecular weight is 776 g/mol. The molecule has 0 saturated carbocycles. The lowest BCUT2D eigenvalue weighted by Crippen LogP contribution is -2.38. The van der Waals surface area contributed by atoms with E-state index in [1.165, 1.54) is 32.0 Å². The number of hydrogen-bond acceptors (Lipinski definition) is 10. The van der Waals surface area contributed by atoms with Crippen molar-refractivity contribution in [3.05, 3.63) is 83.0 Å². The first-order valence-corrected chi connectivity index (χ1v) is 18.5. The summed E-state index contributed by atoms with van der Waals surface area (Å²) >= 11 is 6.40. The average Bonchev–Trinajstić information content (AvgIpc) is 3.60. The number of hydrogen-bond donors (Lipinski definition) is 3. The van der Waals surface area contributed by atoms with Crippen molar-refractivity contribution in [2.75, 3.05) is 36.1 Å². The van der Waals surface area contributed by atoms with Crippen LogP contribution in [-0.2, 0) is 29.0 Å². The first kappa shape index (κ1) is 39.1. The van der Waals surface area contributed by atoms with Crippen molar-refractivity contribution < 1.29 is 45.4 Å². The molecule has 4 N–H and O–H groups in total. The number of carbonyl (C=O) groups excluding carboxylic acids is 3. The van der Waals surface area contributed by atoms with Gasteiger partial charge in [-0.25, -0.2) is 18.2 Å². The Morgan fingerprint density at radius 2 is 1.79 bits per heavy atom. The predicted octanol–water partition coefficient (Wildman–Crippen LogP) is 6.61. The second-order valence-corrected chi connectivity index (χ2v) is 15.4. The summed E-state index contributed by atoms with van der Waals surface area (Å²) in [6.07, 6.45) is -2.86. The van der Waals surface area contributed by atoms with Gasteiger partial charge in [0.15, 0.2) is 16.4 Å². The van der Waals surface area contributed by atoms with Crippen LogP contribution in [0.1, 0.15) is 56.8 Å². The van der Waals surface area contributed by atoms with Crippen molar-refractivity contribution >= 4 is 67.2 Å². The summed E-state index contributed by atoms with van der Waals surface area (Å²) in [5.74, 6) is -3.33. The van der Waals surface area contributed by atoms with Crippen LogP contribution in [-0.4, -0.2) is 67.3 Å². The lowest BCUT2D eigenvalue weighted by molar-refractivity contribution is -0.199. The number of pyridine rings is 1. The van der Waals surface area contributed by atoms with Crippen LogP contribution in [0.2, 0.25) is 5.02 Å². The monoisotopic (exact) mass is 775 g/mol. The van der Waals surface area contributed by atoms with E-state index in [-0.39, 0.29) is 22.7 Å². The third-order valence-electron chi connectivity index (χ3n) is 8.62. The first-order valence-electron chi connectivity index (χ1n) is 16.6. The third-order valence-corrected chi connectivity index (χ3v) is 11.2. The predicted molar refractivity (Wildman–Crippen MR) is 193 cm³/mol. The number of nitrogen functional groups attached to an aromatic ring is 1. The van der Waals surface area contributed by atoms with Gasteiger partial charge in [-0.1, -0.05) is 17.7 Å². The van der Waals surface area contributed by atoms with Crippen molar-refractivity contribution in [3.8, 4) is 5.75 Å². The number of benzene rings is 3. The van der Waals surface area contributed by atoms with Gasteiger partial charge in [-0.3, -0.25) is 9.59 Å². The van der Waals surface area contributed by atoms with Gasteiger partial charge in [0.2, 0.25) is 5.91 Å². The molecule has 1 fully saturated rings. The Balaban J connectivity index is 1.54. The van der Waals surface area contributed by atoms with E-state index in [0.717, 1.165) is 10.8 Å². The lowest BCUT2D eigenvalue weighted by Gasteiger charge is -2.32. The maximum Gasteiger partial charge on any atom is 0.490 e. The zero-order valence-corrected chi connectivity index (χ0v) is 30.4. The van der Waals surface area contributed by atoms with Gasteiger partial charge in [0.1, 0.15) is 17.6 Å². The summed E-state index contributed by atoms with van der Waals surface area (Å²) in [4.78, 5) is 44.0. The van der Waals surface area contributed by atoms with Gasteiger partial charge >= 0.3 is 12.1 Å². The van der Waals surface area contributed by atoms with Crippen molar-refractivity contribution in [2.24, 2.45) is 0 Å². The summed E-state index contributed by atoms with van der Waals surface area (Å²) in [6, 6.07) is 14.2. The number of amides is 2. The molecule has 0 bridgehead atoms. The van der Waals surface area contributed by atoms with E-state index < -0.39 is 57.7 Å². The maximum atomic E-state index is 14.8. The van der Waals surface area contributed by atoms with E-state index >= 15 is 0 Å². The molecule has 2 heterocycles. The highest BCUT2D eigenvalue weighted by Crippen LogP contribution is 2.41. The number of sulfone groups is 1. The van der Waals surface area contributed by atoms with Crippen LogP contribution < -0.4 is 21.1 Å². The van der Waals surface area contributed by atoms with E-state index in [9.17, 15) is 36.0 Å². The Bertz CT molecular complexity index is 2150. The highest BCUT2D eigenvalue weighted by atomic mass is 35.5. The van der Waals surface area contributed by atoms with Gasteiger partial charge in [0.05, 0.1) is 27.8 Å². The molecular weight excluding hydrogens is 739 g/mol. The molecule has 0 aliphatic carbocycles. The van der Waals surface area contributed by atoms with Gasteiger partial charge in [-0.2, -0.15) is 13.2 Å². The van der Waals surface area contributed by atoms with Crippen LogP contribution in [0.15, 0.2) is 71.8 Å². The summed E-state index contributed by atoms with van der Waals surface area (Å²) < 4.78 is 74.8. The van der Waals surface area contributed by atoms with Crippen LogP contribution >= 0.6 is 11.6 Å². The molecule has 1 aliphatic heterocycles. The normalized spacial score (nSPS) is 15.3. The number of anilines is 3. The van der Waals surface area contributed by atoms with Crippen LogP contribution in [0.4, 0.5) is 30.4 Å². The number of aromatic nitrogens is 1. The molecule has 4 aromatic rings. The van der Waals surface area contributed by atoms with Crippen molar-refractivity contribution in [1.29, 1.82) is 0 Å². The van der Waals surface area contributed by atoms with Crippen LogP contribution in [0.25, 0.3) is 10.8 Å². The molecule has 1 saturated heterocycles. The topological polar surface area (TPSA) is 170 Å². The fourth-order valence-corrected chi connectivity index (χ4v) is 7.50. The number of likely N-dealkylation sites (tertiary alicyclic amines) is 1. The molecule has 12 nitrogen and oxygen atoms in total. The van der Waals surface area contributed by atoms with E-state index in [1.807, 2.05) is 6.07 Å². The zero-order chi connectivity index (χ0) is 38.7. The maximum absolute atomic E-state index is 14.8. The molecule has 53 heavy (non-hydrogen) atoms. The smallest absolute Gasteiger partial charge is 0.490 e. The molecule has 2 unspecified atom stereocenters. The summed E-state index contributed by atoms with van der Waals surface area (Å²) in [7, 11) is -3.95. The van der Waals surface area contributed by atoms with Crippen molar-refractivity contribution in [2.45, 2.75) is 62.0 Å². The highest BCUT2D eigenvalue weighted by Gasteiger charge is 2.41. The molecule has 1 aromatic heterocycles. The highest BCUT2D eigenvalue weighted by molar-refractivity contribution is 7.92. The van der Waals surface area contributed by atoms with Gasteiger partial charge in [0, 0.05) is 29.5 Å². The van der Waals surface area contributed by atoms with Crippen LogP contribution in [0, 0.1) is 0 Å². The summed E-state index contributed by atoms with van der Waals surface area (Å²) in [5, 5.41) is 6.66. The molecule has 0 radical (unpaired) electrons. The number of halogens is 4. The Morgan fingerprint density at radius 1 is 1.06 bits per heavy atom. The Morgan fingerprint density at radius 3 is 2.49 bits per heavy atom. The van der Waals surface area contributed by atoms with E-state index in [4.69, 9.17) is 22.1 Å². The fraction of sp³-hybridized carbons (Fsp3) is 0.333. The molecule has 0 spiro atoms. The number of esters is 1. The minimum absolute atomic E-state index is 0.0220. The van der Waals surface area contributed by atoms with Gasteiger partial charge in [-0.05, 0) is 105 Å². The number of nitrogens with zero attached hydrogens (tertiary/aromatic N) is 2. The molecule has 5 rings (SSSR count). The standard InChI is InChI=1S/C36H37ClF3N5O7S/c1-4-51-29-17-22(7-11-27(29)37)32(44-23-8-10-25-21(16-23)13-14-42-33(25)41)34(47)45-15-5-6-28(45)26-18-24(9-12-30(26)53(49,50)20(2)3)43-31(46)19-52-35(48)36(38,39)40/h7-14,16-18,20,28,32,44H,4-6,15,19H2,1-3H3,(H2,41,42)(H,43,46). The summed E-state index contributed by atoms with van der Waals surface area (Å²) in [6.45, 7) is 4.13. The molecule has 3 aromatic carbocycles. The number of nitrogens with two attached hydrogens (primary N) is 1. The largest absolute Gasteiger partial charge is 0.492 e. The Labute approximate surface area is 308 Å². The number of rotatable bonds is 12. The van der Waals surface area contributed by atoms with Crippen LogP contribution in [0.5, 0.6) is 5.75 Å². The minimum atomic E-state index is -5.29. The van der Waals surface area contributed by atoms with Crippen LogP contribution in [0.3, 0.4) is 0 Å². The zero-order valence-electron chi connectivity index (χ0n) is 28.9. The number of nitrogens with one attached hydrogen (secondary N) is 2. The third kappa shape index (κ3) is 8.76. The second kappa shape index (κ2) is 15.9. The van der Waals surface area contributed by atoms with Gasteiger partial charge in [0.25, 0.3) is 5.91 Å². The molecule has 17 heteroatoms. The molecule has 1 aliphatic rings. The van der Waals surface area contributed by atoms with Crippen molar-refractivity contribution in [3.63, 3.8) is 0 Å². The second-order valence-electron chi connectivity index (χ2n) is 12.5. The minimum Gasteiger partial charge on any atom is -0.492 e. The Hall–Kier alpha value is -5.09. The van der Waals surface area contributed by atoms with Crippen molar-refractivity contribution in [1.82, 2.24) is 9.88 Å². The molecular formula is C36H37ClF3N5O7S. The lowest BCUT2D eigenvalue weighted by atomic mass is 10.0. The van der Waals surface area contributed by atoms with E-state index in [0.29, 0.717) is 47.3 Å². The van der Waals surface area contributed by atoms with Gasteiger partial charge < -0.3 is 30.7 Å². The molecule has 282 valence electrons. The Kier molecular flexibility index (Phi) is 11.7. The summed E-state index contributed by atoms with van der Waals surface area (Å²) in [5.41, 5.74) is 7.36. The van der Waals surface area contributed by atoms with Gasteiger partial charge in [-0.15, -0.1) is 0 Å². The number of ether oxygens (including phenoxy) is 2. The molecule has 2 amide bonds. The number of carbonyl (C=O) groups is 3. The molecule has 2 atom stereocenters. The van der Waals surface area contributed by atoms with E-state index in [2.05, 4.69) is 20.4 Å². The number of fused-ring (bicyclic) bond motifs is 1.